The minimum atomic E-state index is -0.197. The maximum atomic E-state index is 9.29. The van der Waals surface area contributed by atoms with Gasteiger partial charge in [-0.15, -0.1) is 0 Å². The highest BCUT2D eigenvalue weighted by Crippen LogP contribution is 2.19. The van der Waals surface area contributed by atoms with Gasteiger partial charge in [0.15, 0.2) is 0 Å². The first kappa shape index (κ1) is 13.2. The van der Waals surface area contributed by atoms with Crippen LogP contribution >= 0.6 is 0 Å². The van der Waals surface area contributed by atoms with Crippen molar-refractivity contribution in [2.24, 2.45) is 0 Å². The molecule has 1 aromatic rings. The lowest BCUT2D eigenvalue weighted by molar-refractivity contribution is 0.153. The molecule has 1 saturated heterocycles. The van der Waals surface area contributed by atoms with E-state index in [0.717, 1.165) is 44.8 Å². The maximum absolute atomic E-state index is 9.29. The molecule has 4 nitrogen and oxygen atoms in total. The summed E-state index contributed by atoms with van der Waals surface area (Å²) in [4.78, 5) is 4.78. The number of rotatable bonds is 4. The molecule has 1 aliphatic heterocycles. The Kier molecular flexibility index (Phi) is 4.44. The Hall–Kier alpha value is -1.26. The SMILES string of the molecule is CC(O)CCN1CCN(c2cccc(N)c2)CC1. The third-order valence-corrected chi connectivity index (χ3v) is 3.47. The number of aliphatic hydroxyl groups excluding tert-OH is 1. The zero-order chi connectivity index (χ0) is 13.0. The first-order valence-electron chi connectivity index (χ1n) is 6.66. The number of aliphatic hydroxyl groups is 1. The molecule has 100 valence electrons. The number of hydrogen-bond acceptors (Lipinski definition) is 4. The van der Waals surface area contributed by atoms with E-state index in [1.165, 1.54) is 5.69 Å². The van der Waals surface area contributed by atoms with Crippen molar-refractivity contribution in [3.05, 3.63) is 24.3 Å². The fraction of sp³-hybridized carbons (Fsp3) is 0.571. The van der Waals surface area contributed by atoms with E-state index in [2.05, 4.69) is 15.9 Å². The van der Waals surface area contributed by atoms with Crippen molar-refractivity contribution in [1.82, 2.24) is 4.90 Å². The summed E-state index contributed by atoms with van der Waals surface area (Å²) in [6.07, 6.45) is 0.662. The van der Waals surface area contributed by atoms with Crippen molar-refractivity contribution in [3.63, 3.8) is 0 Å². The molecule has 0 aliphatic carbocycles. The van der Waals surface area contributed by atoms with Gasteiger partial charge in [-0.25, -0.2) is 0 Å². The summed E-state index contributed by atoms with van der Waals surface area (Å²) < 4.78 is 0. The molecule has 0 saturated carbocycles. The van der Waals surface area contributed by atoms with Crippen molar-refractivity contribution < 1.29 is 5.11 Å². The lowest BCUT2D eigenvalue weighted by Crippen LogP contribution is -2.47. The molecule has 4 heteroatoms. The van der Waals surface area contributed by atoms with Crippen molar-refractivity contribution in [1.29, 1.82) is 0 Å². The van der Waals surface area contributed by atoms with Crippen LogP contribution in [0.5, 0.6) is 0 Å². The second kappa shape index (κ2) is 6.07. The smallest absolute Gasteiger partial charge is 0.0524 e. The van der Waals surface area contributed by atoms with Gasteiger partial charge in [0.25, 0.3) is 0 Å². The minimum Gasteiger partial charge on any atom is -0.399 e. The molecular formula is C14H23N3O. The maximum Gasteiger partial charge on any atom is 0.0524 e. The highest BCUT2D eigenvalue weighted by Gasteiger charge is 2.17. The van der Waals surface area contributed by atoms with Gasteiger partial charge in [-0.05, 0) is 31.5 Å². The number of nitrogens with zero attached hydrogens (tertiary/aromatic N) is 2. The normalized spacial score (nSPS) is 18.9. The van der Waals surface area contributed by atoms with Gasteiger partial charge in [0.2, 0.25) is 0 Å². The van der Waals surface area contributed by atoms with Crippen LogP contribution in [0.1, 0.15) is 13.3 Å². The van der Waals surface area contributed by atoms with E-state index in [1.807, 2.05) is 25.1 Å². The summed E-state index contributed by atoms with van der Waals surface area (Å²) in [5.41, 5.74) is 7.85. The number of benzene rings is 1. The lowest BCUT2D eigenvalue weighted by Gasteiger charge is -2.36. The van der Waals surface area contributed by atoms with Gasteiger partial charge in [-0.3, -0.25) is 4.90 Å². The molecule has 3 N–H and O–H groups in total. The number of piperazine rings is 1. The highest BCUT2D eigenvalue weighted by atomic mass is 16.3. The van der Waals surface area contributed by atoms with E-state index in [4.69, 9.17) is 5.73 Å². The van der Waals surface area contributed by atoms with E-state index in [-0.39, 0.29) is 6.10 Å². The van der Waals surface area contributed by atoms with Gasteiger partial charge >= 0.3 is 0 Å². The van der Waals surface area contributed by atoms with Gasteiger partial charge in [0, 0.05) is 44.1 Å². The first-order chi connectivity index (χ1) is 8.65. The number of nitrogens with two attached hydrogens (primary N) is 1. The lowest BCUT2D eigenvalue weighted by atomic mass is 10.2. The predicted octanol–water partition coefficient (Wildman–Crippen LogP) is 1.16. The molecule has 1 aromatic carbocycles. The molecule has 1 atom stereocenters. The van der Waals surface area contributed by atoms with Gasteiger partial charge in [-0.1, -0.05) is 6.07 Å². The van der Waals surface area contributed by atoms with E-state index < -0.39 is 0 Å². The van der Waals surface area contributed by atoms with E-state index in [1.54, 1.807) is 0 Å². The fourth-order valence-electron chi connectivity index (χ4n) is 2.32. The monoisotopic (exact) mass is 249 g/mol. The summed E-state index contributed by atoms with van der Waals surface area (Å²) in [6.45, 7) is 7.01. The van der Waals surface area contributed by atoms with Gasteiger partial charge in [0.05, 0.1) is 6.10 Å². The molecule has 1 unspecified atom stereocenters. The Morgan fingerprint density at radius 2 is 2.00 bits per heavy atom. The van der Waals surface area contributed by atoms with Crippen LogP contribution in [0, 0.1) is 0 Å². The summed E-state index contributed by atoms with van der Waals surface area (Å²) in [6, 6.07) is 8.07. The van der Waals surface area contributed by atoms with Crippen LogP contribution in [-0.2, 0) is 0 Å². The van der Waals surface area contributed by atoms with Crippen LogP contribution in [0.15, 0.2) is 24.3 Å². The van der Waals surface area contributed by atoms with Crippen molar-refractivity contribution in [2.75, 3.05) is 43.4 Å². The Labute approximate surface area is 109 Å². The first-order valence-corrected chi connectivity index (χ1v) is 6.66. The molecule has 1 fully saturated rings. The van der Waals surface area contributed by atoms with Crippen molar-refractivity contribution in [3.8, 4) is 0 Å². The third kappa shape index (κ3) is 3.62. The van der Waals surface area contributed by atoms with Crippen LogP contribution in [0.3, 0.4) is 0 Å². The number of anilines is 2. The summed E-state index contributed by atoms with van der Waals surface area (Å²) in [5.74, 6) is 0. The van der Waals surface area contributed by atoms with Gasteiger partial charge < -0.3 is 15.7 Å². The predicted molar refractivity (Wildman–Crippen MR) is 75.8 cm³/mol. The molecule has 18 heavy (non-hydrogen) atoms. The van der Waals surface area contributed by atoms with E-state index in [9.17, 15) is 5.11 Å². The summed E-state index contributed by atoms with van der Waals surface area (Å²) >= 11 is 0. The minimum absolute atomic E-state index is 0.197. The summed E-state index contributed by atoms with van der Waals surface area (Å²) in [7, 11) is 0. The third-order valence-electron chi connectivity index (χ3n) is 3.47. The largest absolute Gasteiger partial charge is 0.399 e. The zero-order valence-electron chi connectivity index (χ0n) is 11.0. The standard InChI is InChI=1S/C14H23N3O/c1-12(18)5-6-16-7-9-17(10-8-16)14-4-2-3-13(15)11-14/h2-4,11-12,18H,5-10,15H2,1H3. The zero-order valence-corrected chi connectivity index (χ0v) is 11.0. The average molecular weight is 249 g/mol. The molecule has 1 aliphatic rings. The van der Waals surface area contributed by atoms with Gasteiger partial charge in [-0.2, -0.15) is 0 Å². The number of nitrogen functional groups attached to an aromatic ring is 1. The second-order valence-corrected chi connectivity index (χ2v) is 5.06. The fourth-order valence-corrected chi connectivity index (χ4v) is 2.32. The van der Waals surface area contributed by atoms with Crippen LogP contribution in [-0.4, -0.2) is 48.8 Å². The second-order valence-electron chi connectivity index (χ2n) is 5.06. The van der Waals surface area contributed by atoms with Gasteiger partial charge in [0.1, 0.15) is 0 Å². The molecule has 2 rings (SSSR count). The molecule has 1 heterocycles. The van der Waals surface area contributed by atoms with E-state index in [0.29, 0.717) is 0 Å². The van der Waals surface area contributed by atoms with Crippen LogP contribution in [0.2, 0.25) is 0 Å². The molecular weight excluding hydrogens is 226 g/mol. The summed E-state index contributed by atoms with van der Waals surface area (Å²) in [5, 5.41) is 9.29. The topological polar surface area (TPSA) is 52.7 Å². The molecule has 0 spiro atoms. The Balaban J connectivity index is 1.83. The average Bonchev–Trinajstić information content (AvgIpc) is 2.37. The molecule has 0 aromatic heterocycles. The molecule has 0 bridgehead atoms. The van der Waals surface area contributed by atoms with E-state index >= 15 is 0 Å². The van der Waals surface area contributed by atoms with Crippen LogP contribution in [0.4, 0.5) is 11.4 Å². The van der Waals surface area contributed by atoms with Crippen molar-refractivity contribution >= 4 is 11.4 Å². The highest BCUT2D eigenvalue weighted by molar-refractivity contribution is 5.56. The van der Waals surface area contributed by atoms with Crippen LogP contribution < -0.4 is 10.6 Å². The Morgan fingerprint density at radius 3 is 2.61 bits per heavy atom. The van der Waals surface area contributed by atoms with Crippen molar-refractivity contribution in [2.45, 2.75) is 19.4 Å². The molecule has 0 radical (unpaired) electrons. The Bertz CT molecular complexity index is 373. The Morgan fingerprint density at radius 1 is 1.28 bits per heavy atom. The number of hydrogen-bond donors (Lipinski definition) is 2. The molecule has 0 amide bonds. The quantitative estimate of drug-likeness (QED) is 0.786. The van der Waals surface area contributed by atoms with Crippen LogP contribution in [0.25, 0.3) is 0 Å².